The van der Waals surface area contributed by atoms with E-state index in [-0.39, 0.29) is 18.0 Å². The number of nitrogens with one attached hydrogen (secondary N) is 2. The van der Waals surface area contributed by atoms with E-state index in [4.69, 9.17) is 5.14 Å². The number of rotatable bonds is 5. The van der Waals surface area contributed by atoms with E-state index in [1.807, 2.05) is 0 Å². The van der Waals surface area contributed by atoms with E-state index in [1.165, 1.54) is 12.4 Å². The van der Waals surface area contributed by atoms with E-state index in [0.717, 1.165) is 0 Å². The smallest absolute Gasteiger partial charge is 0.271 e. The minimum atomic E-state index is -3.57. The molecule has 0 aliphatic heterocycles. The highest BCUT2D eigenvalue weighted by atomic mass is 32.2. The average molecular weight is 259 g/mol. The van der Waals surface area contributed by atoms with Crippen LogP contribution in [0.3, 0.4) is 0 Å². The lowest BCUT2D eigenvalue weighted by Gasteiger charge is -2.04. The van der Waals surface area contributed by atoms with Crippen molar-refractivity contribution in [1.82, 2.24) is 15.3 Å². The van der Waals surface area contributed by atoms with Crippen molar-refractivity contribution >= 4 is 21.7 Å². The second-order valence-electron chi connectivity index (χ2n) is 3.16. The van der Waals surface area contributed by atoms with Crippen molar-refractivity contribution in [2.45, 2.75) is 0 Å². The second-order valence-corrected chi connectivity index (χ2v) is 4.89. The molecule has 1 aromatic heterocycles. The summed E-state index contributed by atoms with van der Waals surface area (Å²) in [5, 5.41) is 9.91. The fraction of sp³-hybridized carbons (Fsp3) is 0.375. The molecule has 0 bridgehead atoms. The Hall–Kier alpha value is -1.74. The number of amides is 1. The second kappa shape index (κ2) is 5.55. The van der Waals surface area contributed by atoms with Gasteiger partial charge in [-0.25, -0.2) is 23.5 Å². The Morgan fingerprint density at radius 1 is 1.41 bits per heavy atom. The number of hydrogen-bond donors (Lipinski definition) is 3. The van der Waals surface area contributed by atoms with Crippen molar-refractivity contribution in [1.29, 1.82) is 0 Å². The molecule has 0 aliphatic rings. The molecule has 0 atom stereocenters. The molecular weight excluding hydrogens is 246 g/mol. The highest BCUT2D eigenvalue weighted by Crippen LogP contribution is 1.99. The molecule has 1 amide bonds. The van der Waals surface area contributed by atoms with Gasteiger partial charge in [0.2, 0.25) is 10.0 Å². The van der Waals surface area contributed by atoms with Gasteiger partial charge >= 0.3 is 0 Å². The maximum Gasteiger partial charge on any atom is 0.271 e. The lowest BCUT2D eigenvalue weighted by molar-refractivity contribution is 0.0951. The number of sulfonamides is 1. The van der Waals surface area contributed by atoms with Gasteiger partial charge in [0.25, 0.3) is 5.91 Å². The summed E-state index contributed by atoms with van der Waals surface area (Å²) in [6.07, 6.45) is 2.69. The lowest BCUT2D eigenvalue weighted by Crippen LogP contribution is -2.32. The summed E-state index contributed by atoms with van der Waals surface area (Å²) in [5.41, 5.74) is 0.110. The van der Waals surface area contributed by atoms with E-state index >= 15 is 0 Å². The van der Waals surface area contributed by atoms with Crippen molar-refractivity contribution in [2.24, 2.45) is 5.14 Å². The fourth-order valence-electron chi connectivity index (χ4n) is 0.972. The van der Waals surface area contributed by atoms with Crippen molar-refractivity contribution in [3.05, 3.63) is 18.1 Å². The third-order valence-electron chi connectivity index (χ3n) is 1.81. The number of nitrogens with two attached hydrogens (primary N) is 1. The molecule has 0 radical (unpaired) electrons. The summed E-state index contributed by atoms with van der Waals surface area (Å²) in [6, 6.07) is 0. The summed E-state index contributed by atoms with van der Waals surface area (Å²) in [4.78, 5) is 19.2. The molecule has 94 valence electrons. The number of hydrogen-bond acceptors (Lipinski definition) is 6. The number of carbonyl (C=O) groups is 1. The van der Waals surface area contributed by atoms with Crippen LogP contribution in [0.15, 0.2) is 12.4 Å². The Labute approximate surface area is 98.7 Å². The summed E-state index contributed by atoms with van der Waals surface area (Å²) < 4.78 is 21.2. The largest absolute Gasteiger partial charge is 0.372 e. The number of carbonyl (C=O) groups excluding carboxylic acids is 1. The maximum absolute atomic E-state index is 11.5. The highest BCUT2D eigenvalue weighted by molar-refractivity contribution is 7.89. The zero-order chi connectivity index (χ0) is 12.9. The predicted molar refractivity (Wildman–Crippen MR) is 61.9 cm³/mol. The van der Waals surface area contributed by atoms with Crippen LogP contribution in [0.1, 0.15) is 10.5 Å². The Balaban J connectivity index is 2.52. The van der Waals surface area contributed by atoms with Crippen molar-refractivity contribution in [3.63, 3.8) is 0 Å². The monoisotopic (exact) mass is 259 g/mol. The van der Waals surface area contributed by atoms with Crippen LogP contribution in [-0.2, 0) is 10.0 Å². The number of primary sulfonamides is 1. The molecule has 0 spiro atoms. The third-order valence-corrected chi connectivity index (χ3v) is 2.59. The SMILES string of the molecule is CNc1cnc(C(=O)NCCS(N)(=O)=O)cn1. The molecule has 1 heterocycles. The number of nitrogens with zero attached hydrogens (tertiary/aromatic N) is 2. The molecule has 4 N–H and O–H groups in total. The first-order valence-corrected chi connectivity index (χ1v) is 6.42. The van der Waals surface area contributed by atoms with E-state index in [2.05, 4.69) is 20.6 Å². The van der Waals surface area contributed by atoms with Gasteiger partial charge in [-0.3, -0.25) is 4.79 Å². The van der Waals surface area contributed by atoms with Crippen LogP contribution in [0.25, 0.3) is 0 Å². The molecule has 0 unspecified atom stereocenters. The standard InChI is InChI=1S/C8H13N5O3S/c1-10-7-5-12-6(4-13-7)8(14)11-2-3-17(9,15)16/h4-5H,2-3H2,1H3,(H,10,13)(H,11,14)(H2,9,15,16). The normalized spacial score (nSPS) is 10.9. The van der Waals surface area contributed by atoms with Gasteiger partial charge in [-0.2, -0.15) is 0 Å². The van der Waals surface area contributed by atoms with E-state index in [0.29, 0.717) is 5.82 Å². The minimum absolute atomic E-state index is 0.0624. The van der Waals surface area contributed by atoms with Gasteiger partial charge in [0.15, 0.2) is 0 Å². The van der Waals surface area contributed by atoms with Gasteiger partial charge in [-0.1, -0.05) is 0 Å². The summed E-state index contributed by atoms with van der Waals surface area (Å²) in [5.74, 6) is -0.282. The fourth-order valence-corrected chi connectivity index (χ4v) is 1.36. The molecule has 0 aromatic carbocycles. The van der Waals surface area contributed by atoms with Crippen LogP contribution >= 0.6 is 0 Å². The highest BCUT2D eigenvalue weighted by Gasteiger charge is 2.09. The molecule has 0 saturated heterocycles. The van der Waals surface area contributed by atoms with Crippen molar-refractivity contribution in [2.75, 3.05) is 24.7 Å². The Morgan fingerprint density at radius 2 is 2.12 bits per heavy atom. The molecule has 17 heavy (non-hydrogen) atoms. The van der Waals surface area contributed by atoms with Gasteiger partial charge in [0, 0.05) is 13.6 Å². The zero-order valence-corrected chi connectivity index (χ0v) is 9.99. The molecule has 1 aromatic rings. The van der Waals surface area contributed by atoms with E-state index in [9.17, 15) is 13.2 Å². The van der Waals surface area contributed by atoms with Crippen LogP contribution in [0.2, 0.25) is 0 Å². The van der Waals surface area contributed by atoms with Gasteiger partial charge < -0.3 is 10.6 Å². The topological polar surface area (TPSA) is 127 Å². The molecule has 9 heteroatoms. The third kappa shape index (κ3) is 4.74. The first-order chi connectivity index (χ1) is 7.92. The molecule has 1 rings (SSSR count). The number of anilines is 1. The molecule has 8 nitrogen and oxygen atoms in total. The Kier molecular flexibility index (Phi) is 4.35. The van der Waals surface area contributed by atoms with Crippen LogP contribution in [0.5, 0.6) is 0 Å². The average Bonchev–Trinajstić information content (AvgIpc) is 2.27. The van der Waals surface area contributed by atoms with Gasteiger partial charge in [0.05, 0.1) is 18.1 Å². The molecule has 0 saturated carbocycles. The van der Waals surface area contributed by atoms with Gasteiger partial charge in [-0.05, 0) is 0 Å². The van der Waals surface area contributed by atoms with Crippen LogP contribution in [0, 0.1) is 0 Å². The first-order valence-electron chi connectivity index (χ1n) is 4.71. The van der Waals surface area contributed by atoms with E-state index < -0.39 is 15.9 Å². The van der Waals surface area contributed by atoms with Gasteiger partial charge in [-0.15, -0.1) is 0 Å². The predicted octanol–water partition coefficient (Wildman–Crippen LogP) is -1.46. The van der Waals surface area contributed by atoms with Crippen LogP contribution in [-0.4, -0.2) is 43.6 Å². The minimum Gasteiger partial charge on any atom is -0.372 e. The summed E-state index contributed by atoms with van der Waals surface area (Å²) >= 11 is 0. The molecule has 0 fully saturated rings. The Morgan fingerprint density at radius 3 is 2.59 bits per heavy atom. The molecule has 0 aliphatic carbocycles. The van der Waals surface area contributed by atoms with Crippen LogP contribution in [0.4, 0.5) is 5.82 Å². The summed E-state index contributed by atoms with van der Waals surface area (Å²) in [6.45, 7) is -0.0624. The quantitative estimate of drug-likeness (QED) is 0.593. The van der Waals surface area contributed by atoms with E-state index in [1.54, 1.807) is 7.05 Å². The maximum atomic E-state index is 11.5. The lowest BCUT2D eigenvalue weighted by atomic mass is 10.4. The zero-order valence-electron chi connectivity index (χ0n) is 9.17. The first kappa shape index (κ1) is 13.3. The van der Waals surface area contributed by atoms with Crippen molar-refractivity contribution < 1.29 is 13.2 Å². The number of aromatic nitrogens is 2. The van der Waals surface area contributed by atoms with Crippen molar-refractivity contribution in [3.8, 4) is 0 Å². The van der Waals surface area contributed by atoms with Crippen LogP contribution < -0.4 is 15.8 Å². The summed E-state index contributed by atoms with van der Waals surface area (Å²) in [7, 11) is -1.90. The Bertz CT molecular complexity index is 484. The van der Waals surface area contributed by atoms with Gasteiger partial charge in [0.1, 0.15) is 11.5 Å². The molecular formula is C8H13N5O3S.